The van der Waals surface area contributed by atoms with E-state index in [0.29, 0.717) is 6.42 Å². The first-order valence-electron chi connectivity index (χ1n) is 6.34. The lowest BCUT2D eigenvalue weighted by atomic mass is 9.86. The van der Waals surface area contributed by atoms with Crippen molar-refractivity contribution in [1.82, 2.24) is 5.32 Å². The molecule has 1 rings (SSSR count). The summed E-state index contributed by atoms with van der Waals surface area (Å²) >= 11 is 0. The molecule has 2 N–H and O–H groups in total. The highest BCUT2D eigenvalue weighted by Crippen LogP contribution is 2.25. The van der Waals surface area contributed by atoms with E-state index in [4.69, 9.17) is 5.11 Å². The van der Waals surface area contributed by atoms with E-state index in [1.54, 1.807) is 0 Å². The van der Waals surface area contributed by atoms with E-state index in [1.165, 1.54) is 5.56 Å². The maximum absolute atomic E-state index is 10.6. The van der Waals surface area contributed by atoms with Crippen LogP contribution in [0.1, 0.15) is 50.8 Å². The predicted molar refractivity (Wildman–Crippen MR) is 73.8 cm³/mol. The predicted octanol–water partition coefficient (Wildman–Crippen LogP) is 3.11. The molecule has 0 amide bonds. The van der Waals surface area contributed by atoms with E-state index in [1.807, 2.05) is 7.05 Å². The van der Waals surface area contributed by atoms with E-state index in [-0.39, 0.29) is 17.9 Å². The molecule has 1 aromatic carbocycles. The summed E-state index contributed by atoms with van der Waals surface area (Å²) in [6.45, 7) is 6.55. The number of benzene rings is 1. The van der Waals surface area contributed by atoms with Gasteiger partial charge in [-0.3, -0.25) is 4.79 Å². The van der Waals surface area contributed by atoms with Gasteiger partial charge in [-0.25, -0.2) is 0 Å². The van der Waals surface area contributed by atoms with Crippen LogP contribution in [0.4, 0.5) is 0 Å². The number of aliphatic carboxylic acids is 1. The minimum Gasteiger partial charge on any atom is -0.481 e. The van der Waals surface area contributed by atoms with Crippen molar-refractivity contribution in [1.29, 1.82) is 0 Å². The molecule has 0 saturated heterocycles. The van der Waals surface area contributed by atoms with Gasteiger partial charge in [-0.1, -0.05) is 45.0 Å². The molecule has 0 spiro atoms. The Morgan fingerprint density at radius 2 is 1.83 bits per heavy atom. The molecular formula is C15H23NO2. The second-order valence-electron chi connectivity index (χ2n) is 5.65. The molecule has 0 aliphatic carbocycles. The highest BCUT2D eigenvalue weighted by Gasteiger charge is 2.15. The lowest BCUT2D eigenvalue weighted by molar-refractivity contribution is -0.137. The van der Waals surface area contributed by atoms with E-state index in [9.17, 15) is 4.79 Å². The van der Waals surface area contributed by atoms with Gasteiger partial charge < -0.3 is 10.4 Å². The molecule has 0 aromatic heterocycles. The lowest BCUT2D eigenvalue weighted by Crippen LogP contribution is -2.18. The fourth-order valence-electron chi connectivity index (χ4n) is 1.96. The maximum Gasteiger partial charge on any atom is 0.303 e. The summed E-state index contributed by atoms with van der Waals surface area (Å²) in [4.78, 5) is 10.6. The average Bonchev–Trinajstić information content (AvgIpc) is 2.29. The zero-order valence-corrected chi connectivity index (χ0v) is 11.7. The van der Waals surface area contributed by atoms with Gasteiger partial charge in [0.05, 0.1) is 0 Å². The van der Waals surface area contributed by atoms with Gasteiger partial charge in [-0.05, 0) is 30.0 Å². The topological polar surface area (TPSA) is 49.3 Å². The number of rotatable bonds is 5. The van der Waals surface area contributed by atoms with Gasteiger partial charge >= 0.3 is 5.97 Å². The number of nitrogens with one attached hydrogen (secondary N) is 1. The minimum atomic E-state index is -0.749. The molecule has 0 aliphatic rings. The second kappa shape index (κ2) is 6.01. The Balaban J connectivity index is 2.79. The van der Waals surface area contributed by atoms with E-state index < -0.39 is 5.97 Å². The molecule has 100 valence electrons. The molecule has 0 radical (unpaired) electrons. The summed E-state index contributed by atoms with van der Waals surface area (Å²) in [5.74, 6) is -0.749. The van der Waals surface area contributed by atoms with E-state index >= 15 is 0 Å². The summed E-state index contributed by atoms with van der Waals surface area (Å²) in [5.41, 5.74) is 2.58. The van der Waals surface area contributed by atoms with Gasteiger partial charge in [0.2, 0.25) is 0 Å². The fraction of sp³-hybridized carbons (Fsp3) is 0.533. The number of carboxylic acids is 1. The first-order chi connectivity index (χ1) is 8.34. The molecular weight excluding hydrogens is 226 g/mol. The Hall–Kier alpha value is -1.35. The Kier molecular flexibility index (Phi) is 4.91. The van der Waals surface area contributed by atoms with Crippen LogP contribution in [0.25, 0.3) is 0 Å². The summed E-state index contributed by atoms with van der Waals surface area (Å²) in [6, 6.07) is 8.53. The van der Waals surface area contributed by atoms with Crippen LogP contribution in [0.3, 0.4) is 0 Å². The molecule has 1 atom stereocenters. The van der Waals surface area contributed by atoms with Crippen molar-refractivity contribution >= 4 is 5.97 Å². The van der Waals surface area contributed by atoms with Crippen LogP contribution >= 0.6 is 0 Å². The second-order valence-corrected chi connectivity index (χ2v) is 5.65. The van der Waals surface area contributed by atoms with Crippen LogP contribution in [0.2, 0.25) is 0 Å². The number of hydrogen-bond donors (Lipinski definition) is 2. The normalized spacial score (nSPS) is 13.3. The van der Waals surface area contributed by atoms with Gasteiger partial charge in [0.1, 0.15) is 0 Å². The standard InChI is InChI=1S/C15H23NO2/c1-15(2,3)12-7-5-11(6-8-12)13(16-4)9-10-14(17)18/h5-8,13,16H,9-10H2,1-4H3,(H,17,18). The third-order valence-corrected chi connectivity index (χ3v) is 3.17. The average molecular weight is 249 g/mol. The zero-order valence-electron chi connectivity index (χ0n) is 11.7. The summed E-state index contributed by atoms with van der Waals surface area (Å²) in [7, 11) is 1.87. The Morgan fingerprint density at radius 3 is 2.22 bits per heavy atom. The lowest BCUT2D eigenvalue weighted by Gasteiger charge is -2.21. The smallest absolute Gasteiger partial charge is 0.303 e. The third kappa shape index (κ3) is 4.15. The molecule has 0 fully saturated rings. The van der Waals surface area contributed by atoms with Crippen LogP contribution in [-0.2, 0) is 10.2 Å². The van der Waals surface area contributed by atoms with Gasteiger partial charge in [0, 0.05) is 12.5 Å². The van der Waals surface area contributed by atoms with Crippen molar-refractivity contribution in [3.8, 4) is 0 Å². The molecule has 3 heteroatoms. The Morgan fingerprint density at radius 1 is 1.28 bits per heavy atom. The van der Waals surface area contributed by atoms with Gasteiger partial charge in [-0.2, -0.15) is 0 Å². The first-order valence-corrected chi connectivity index (χ1v) is 6.34. The highest BCUT2D eigenvalue weighted by atomic mass is 16.4. The Labute approximate surface area is 109 Å². The van der Waals surface area contributed by atoms with Gasteiger partial charge in [0.25, 0.3) is 0 Å². The minimum absolute atomic E-state index is 0.107. The van der Waals surface area contributed by atoms with Crippen LogP contribution in [-0.4, -0.2) is 18.1 Å². The number of hydrogen-bond acceptors (Lipinski definition) is 2. The molecule has 1 aromatic rings. The highest BCUT2D eigenvalue weighted by molar-refractivity contribution is 5.66. The molecule has 0 bridgehead atoms. The summed E-state index contributed by atoms with van der Waals surface area (Å²) in [6.07, 6.45) is 0.799. The van der Waals surface area contributed by atoms with Gasteiger partial charge in [-0.15, -0.1) is 0 Å². The number of carboxylic acid groups (broad SMARTS) is 1. The molecule has 0 aliphatic heterocycles. The zero-order chi connectivity index (χ0) is 13.8. The van der Waals surface area contributed by atoms with Crippen molar-refractivity contribution in [3.63, 3.8) is 0 Å². The van der Waals surface area contributed by atoms with Crippen molar-refractivity contribution < 1.29 is 9.90 Å². The Bertz CT molecular complexity index is 390. The fourth-order valence-corrected chi connectivity index (χ4v) is 1.96. The van der Waals surface area contributed by atoms with Crippen LogP contribution < -0.4 is 5.32 Å². The molecule has 1 unspecified atom stereocenters. The van der Waals surface area contributed by atoms with Crippen molar-refractivity contribution in [2.75, 3.05) is 7.05 Å². The van der Waals surface area contributed by atoms with E-state index in [2.05, 4.69) is 50.4 Å². The third-order valence-electron chi connectivity index (χ3n) is 3.17. The monoisotopic (exact) mass is 249 g/mol. The maximum atomic E-state index is 10.6. The SMILES string of the molecule is CNC(CCC(=O)O)c1ccc(C(C)(C)C)cc1. The summed E-state index contributed by atoms with van der Waals surface area (Å²) < 4.78 is 0. The first kappa shape index (κ1) is 14.7. The van der Waals surface area contributed by atoms with Crippen molar-refractivity contribution in [2.45, 2.75) is 45.1 Å². The summed E-state index contributed by atoms with van der Waals surface area (Å²) in [5, 5.41) is 11.9. The van der Waals surface area contributed by atoms with Crippen LogP contribution in [0.15, 0.2) is 24.3 Å². The molecule has 0 saturated carbocycles. The van der Waals surface area contributed by atoms with Crippen LogP contribution in [0.5, 0.6) is 0 Å². The molecule has 0 heterocycles. The molecule has 18 heavy (non-hydrogen) atoms. The van der Waals surface area contributed by atoms with Gasteiger partial charge in [0.15, 0.2) is 0 Å². The largest absolute Gasteiger partial charge is 0.481 e. The van der Waals surface area contributed by atoms with Crippen LogP contribution in [0, 0.1) is 0 Å². The number of carbonyl (C=O) groups is 1. The molecule has 3 nitrogen and oxygen atoms in total. The van der Waals surface area contributed by atoms with Crippen molar-refractivity contribution in [2.24, 2.45) is 0 Å². The van der Waals surface area contributed by atoms with Crippen molar-refractivity contribution in [3.05, 3.63) is 35.4 Å². The quantitative estimate of drug-likeness (QED) is 0.843. The van der Waals surface area contributed by atoms with E-state index in [0.717, 1.165) is 5.56 Å².